The van der Waals surface area contributed by atoms with E-state index in [1.165, 1.54) is 10.5 Å². The van der Waals surface area contributed by atoms with Crippen molar-refractivity contribution >= 4 is 17.5 Å². The molecule has 0 saturated carbocycles. The lowest BCUT2D eigenvalue weighted by Crippen LogP contribution is -3.12. The smallest absolute Gasteiger partial charge is 0.224 e. The monoisotopic (exact) mass is 362 g/mol. The van der Waals surface area contributed by atoms with E-state index < -0.39 is 0 Å². The molecule has 0 aliphatic heterocycles. The molecule has 1 atom stereocenters. The van der Waals surface area contributed by atoms with Gasteiger partial charge in [0, 0.05) is 18.5 Å². The number of carbonyl (C=O) groups excluding carboxylic acids is 2. The molecule has 0 heterocycles. The summed E-state index contributed by atoms with van der Waals surface area (Å²) in [7, 11) is 0. The fourth-order valence-corrected chi connectivity index (χ4v) is 2.92. The molecule has 2 amide bonds. The van der Waals surface area contributed by atoms with Crippen molar-refractivity contribution in [3.63, 3.8) is 0 Å². The van der Waals surface area contributed by atoms with Crippen LogP contribution in [-0.4, -0.2) is 38.0 Å². The molecule has 5 nitrogen and oxygen atoms in total. The lowest BCUT2D eigenvalue weighted by Gasteiger charge is -2.16. The van der Waals surface area contributed by atoms with Crippen LogP contribution >= 0.6 is 0 Å². The van der Waals surface area contributed by atoms with E-state index in [2.05, 4.69) is 38.3 Å². The summed E-state index contributed by atoms with van der Waals surface area (Å²) in [6, 6.07) is 7.93. The van der Waals surface area contributed by atoms with Gasteiger partial charge in [-0.2, -0.15) is 0 Å². The summed E-state index contributed by atoms with van der Waals surface area (Å²) in [4.78, 5) is 25.6. The van der Waals surface area contributed by atoms with E-state index in [1.807, 2.05) is 31.2 Å². The summed E-state index contributed by atoms with van der Waals surface area (Å²) in [5, 5.41) is 5.87. The quantitative estimate of drug-likeness (QED) is 0.565. The van der Waals surface area contributed by atoms with Crippen molar-refractivity contribution in [1.82, 2.24) is 5.32 Å². The standard InChI is InChI=1S/C21H35N3O2/c1-6-24(7-2)13-12-22-20(25)14-17(5)15-21(26)23-19-10-8-18(9-11-19)16(3)4/h8-11,16-17H,6-7,12-15H2,1-5H3,(H,22,25)(H,23,26)/p+1/t17-/m0/s1. The maximum atomic E-state index is 12.2. The van der Waals surface area contributed by atoms with Crippen LogP contribution in [0.1, 0.15) is 58.9 Å². The number of quaternary nitrogens is 1. The van der Waals surface area contributed by atoms with Crippen molar-refractivity contribution in [2.75, 3.05) is 31.5 Å². The van der Waals surface area contributed by atoms with Gasteiger partial charge in [-0.05, 0) is 43.4 Å². The highest BCUT2D eigenvalue weighted by molar-refractivity contribution is 5.91. The summed E-state index contributed by atoms with van der Waals surface area (Å²) >= 11 is 0. The molecule has 0 spiro atoms. The Morgan fingerprint density at radius 3 is 2.08 bits per heavy atom. The highest BCUT2D eigenvalue weighted by atomic mass is 16.2. The van der Waals surface area contributed by atoms with Gasteiger partial charge in [0.1, 0.15) is 0 Å². The van der Waals surface area contributed by atoms with E-state index in [0.717, 1.165) is 25.3 Å². The van der Waals surface area contributed by atoms with Crippen LogP contribution in [0.5, 0.6) is 0 Å². The molecule has 5 heteroatoms. The second-order valence-electron chi connectivity index (χ2n) is 7.40. The molecule has 0 saturated heterocycles. The number of anilines is 1. The van der Waals surface area contributed by atoms with Crippen LogP contribution in [-0.2, 0) is 9.59 Å². The molecule has 1 rings (SSSR count). The van der Waals surface area contributed by atoms with Gasteiger partial charge in [-0.3, -0.25) is 9.59 Å². The average Bonchev–Trinajstić information content (AvgIpc) is 2.58. The van der Waals surface area contributed by atoms with Crippen LogP contribution in [0.4, 0.5) is 5.69 Å². The highest BCUT2D eigenvalue weighted by Gasteiger charge is 2.14. The Morgan fingerprint density at radius 2 is 1.54 bits per heavy atom. The number of nitrogens with one attached hydrogen (secondary N) is 3. The summed E-state index contributed by atoms with van der Waals surface area (Å²) in [5.74, 6) is 0.473. The van der Waals surface area contributed by atoms with E-state index in [9.17, 15) is 9.59 Å². The molecule has 0 bridgehead atoms. The second-order valence-corrected chi connectivity index (χ2v) is 7.40. The Kier molecular flexibility index (Phi) is 9.96. The van der Waals surface area contributed by atoms with Crippen molar-refractivity contribution in [3.05, 3.63) is 29.8 Å². The fraction of sp³-hybridized carbons (Fsp3) is 0.619. The van der Waals surface area contributed by atoms with Crippen molar-refractivity contribution in [3.8, 4) is 0 Å². The number of amides is 2. The highest BCUT2D eigenvalue weighted by Crippen LogP contribution is 2.18. The Labute approximate surface area is 158 Å². The summed E-state index contributed by atoms with van der Waals surface area (Å²) in [5.41, 5.74) is 2.05. The minimum Gasteiger partial charge on any atom is -0.350 e. The SMILES string of the molecule is CC[NH+](CC)CCNC(=O)C[C@H](C)CC(=O)Nc1ccc(C(C)C)cc1. The lowest BCUT2D eigenvalue weighted by atomic mass is 10.0. The molecular formula is C21H36N3O2+. The molecule has 0 aliphatic carbocycles. The van der Waals surface area contributed by atoms with E-state index in [0.29, 0.717) is 25.3 Å². The molecule has 1 aromatic carbocycles. The third kappa shape index (κ3) is 8.48. The van der Waals surface area contributed by atoms with Crippen molar-refractivity contribution in [2.45, 2.75) is 53.4 Å². The van der Waals surface area contributed by atoms with E-state index in [1.54, 1.807) is 0 Å². The van der Waals surface area contributed by atoms with Crippen molar-refractivity contribution < 1.29 is 14.5 Å². The molecule has 3 N–H and O–H groups in total. The van der Waals surface area contributed by atoms with Gasteiger partial charge < -0.3 is 15.5 Å². The Hall–Kier alpha value is -1.88. The number of likely N-dealkylation sites (N-methyl/N-ethyl adjacent to an activating group) is 1. The van der Waals surface area contributed by atoms with Gasteiger partial charge in [0.25, 0.3) is 0 Å². The summed E-state index contributed by atoms with van der Waals surface area (Å²) in [6.45, 7) is 14.3. The van der Waals surface area contributed by atoms with Gasteiger partial charge >= 0.3 is 0 Å². The minimum absolute atomic E-state index is 0.0192. The molecule has 1 aromatic rings. The fourth-order valence-electron chi connectivity index (χ4n) is 2.92. The van der Waals surface area contributed by atoms with Gasteiger partial charge in [-0.15, -0.1) is 0 Å². The number of rotatable bonds is 11. The zero-order valence-electron chi connectivity index (χ0n) is 17.0. The van der Waals surface area contributed by atoms with Crippen LogP contribution in [0.25, 0.3) is 0 Å². The van der Waals surface area contributed by atoms with Crippen molar-refractivity contribution in [1.29, 1.82) is 0 Å². The number of carbonyl (C=O) groups is 2. The average molecular weight is 363 g/mol. The Bertz CT molecular complexity index is 551. The second kappa shape index (κ2) is 11.7. The van der Waals surface area contributed by atoms with E-state index in [-0.39, 0.29) is 17.7 Å². The topological polar surface area (TPSA) is 62.6 Å². The van der Waals surface area contributed by atoms with Gasteiger partial charge in [-0.1, -0.05) is 32.9 Å². The summed E-state index contributed by atoms with van der Waals surface area (Å²) < 4.78 is 0. The summed E-state index contributed by atoms with van der Waals surface area (Å²) in [6.07, 6.45) is 0.730. The van der Waals surface area contributed by atoms with Gasteiger partial charge in [0.2, 0.25) is 11.8 Å². The van der Waals surface area contributed by atoms with Gasteiger partial charge in [0.05, 0.1) is 26.2 Å². The normalized spacial score (nSPS) is 12.3. The van der Waals surface area contributed by atoms with Crippen LogP contribution < -0.4 is 15.5 Å². The predicted octanol–water partition coefficient (Wildman–Crippen LogP) is 2.21. The molecule has 0 fully saturated rings. The Morgan fingerprint density at radius 1 is 0.962 bits per heavy atom. The minimum atomic E-state index is -0.0461. The maximum Gasteiger partial charge on any atom is 0.224 e. The van der Waals surface area contributed by atoms with Gasteiger partial charge in [-0.25, -0.2) is 0 Å². The van der Waals surface area contributed by atoms with Crippen LogP contribution in [0, 0.1) is 5.92 Å². The third-order valence-corrected chi connectivity index (χ3v) is 4.73. The molecule has 0 radical (unpaired) electrons. The first-order valence-electron chi connectivity index (χ1n) is 9.85. The first-order valence-corrected chi connectivity index (χ1v) is 9.85. The van der Waals surface area contributed by atoms with Crippen LogP contribution in [0.3, 0.4) is 0 Å². The number of hydrogen-bond donors (Lipinski definition) is 3. The lowest BCUT2D eigenvalue weighted by molar-refractivity contribution is -0.895. The molecule has 0 aliphatic rings. The van der Waals surface area contributed by atoms with E-state index in [4.69, 9.17) is 0 Å². The van der Waals surface area contributed by atoms with Crippen LogP contribution in [0.15, 0.2) is 24.3 Å². The number of benzene rings is 1. The molecule has 146 valence electrons. The molecule has 26 heavy (non-hydrogen) atoms. The molecule has 0 unspecified atom stereocenters. The molecular weight excluding hydrogens is 326 g/mol. The first-order chi connectivity index (χ1) is 12.3. The van der Waals surface area contributed by atoms with Crippen LogP contribution in [0.2, 0.25) is 0 Å². The first kappa shape index (κ1) is 22.2. The molecule has 0 aromatic heterocycles. The largest absolute Gasteiger partial charge is 0.350 e. The Balaban J connectivity index is 2.31. The van der Waals surface area contributed by atoms with Crippen molar-refractivity contribution in [2.24, 2.45) is 5.92 Å². The third-order valence-electron chi connectivity index (χ3n) is 4.73. The predicted molar refractivity (Wildman–Crippen MR) is 107 cm³/mol. The maximum absolute atomic E-state index is 12.2. The zero-order chi connectivity index (χ0) is 19.5. The van der Waals surface area contributed by atoms with E-state index >= 15 is 0 Å². The number of hydrogen-bond acceptors (Lipinski definition) is 2. The zero-order valence-corrected chi connectivity index (χ0v) is 17.0. The van der Waals surface area contributed by atoms with Gasteiger partial charge in [0.15, 0.2) is 0 Å².